The SMILES string of the molecule is CN1CCN(c2ccc(Nc3ncc4c(F)c(C5CC5)n(-c5cccc(NS(=O)O)n5)c4n3)cc2)CC1. The highest BCUT2D eigenvalue weighted by Crippen LogP contribution is 2.45. The van der Waals surface area contributed by atoms with Crippen molar-refractivity contribution in [2.75, 3.05) is 48.2 Å². The summed E-state index contributed by atoms with van der Waals surface area (Å²) in [4.78, 5) is 18.2. The molecule has 0 radical (unpaired) electrons. The zero-order valence-electron chi connectivity index (χ0n) is 20.3. The lowest BCUT2D eigenvalue weighted by molar-refractivity contribution is 0.313. The number of aromatic nitrogens is 4. The number of likely N-dealkylation sites (N-methyl/N-ethyl adjacent to an activating group) is 1. The molecule has 4 aromatic rings. The van der Waals surface area contributed by atoms with Gasteiger partial charge in [-0.15, -0.1) is 0 Å². The second kappa shape index (κ2) is 9.69. The van der Waals surface area contributed by atoms with Gasteiger partial charge in [-0.3, -0.25) is 13.8 Å². The molecule has 1 saturated carbocycles. The highest BCUT2D eigenvalue weighted by molar-refractivity contribution is 7.80. The van der Waals surface area contributed by atoms with Gasteiger partial charge in [0.2, 0.25) is 5.95 Å². The Morgan fingerprint density at radius 3 is 2.51 bits per heavy atom. The van der Waals surface area contributed by atoms with E-state index in [1.165, 1.54) is 11.9 Å². The van der Waals surface area contributed by atoms with Crippen LogP contribution in [0.3, 0.4) is 0 Å². The van der Waals surface area contributed by atoms with E-state index in [2.05, 4.69) is 54.0 Å². The number of rotatable bonds is 7. The zero-order chi connectivity index (χ0) is 25.5. The molecular formula is C25H27FN8O2S. The van der Waals surface area contributed by atoms with Gasteiger partial charge in [-0.2, -0.15) is 4.98 Å². The van der Waals surface area contributed by atoms with Crippen LogP contribution in [0.25, 0.3) is 16.9 Å². The van der Waals surface area contributed by atoms with Crippen molar-refractivity contribution in [2.45, 2.75) is 18.8 Å². The summed E-state index contributed by atoms with van der Waals surface area (Å²) in [5.41, 5.74) is 2.89. The van der Waals surface area contributed by atoms with E-state index in [1.54, 1.807) is 22.8 Å². The van der Waals surface area contributed by atoms with Crippen LogP contribution < -0.4 is 14.9 Å². The first kappa shape index (κ1) is 23.8. The third kappa shape index (κ3) is 4.87. The van der Waals surface area contributed by atoms with Crippen LogP contribution in [-0.4, -0.2) is 66.4 Å². The van der Waals surface area contributed by atoms with Gasteiger partial charge in [0, 0.05) is 49.7 Å². The van der Waals surface area contributed by atoms with Gasteiger partial charge in [0.1, 0.15) is 11.6 Å². The average Bonchev–Trinajstić information content (AvgIpc) is 3.68. The first-order chi connectivity index (χ1) is 18.0. The molecule has 12 heteroatoms. The van der Waals surface area contributed by atoms with Crippen LogP contribution in [0.2, 0.25) is 0 Å². The molecule has 0 bridgehead atoms. The van der Waals surface area contributed by atoms with Crippen LogP contribution in [0, 0.1) is 5.82 Å². The standard InChI is InChI=1S/C25H27FN8O2S/c1-32-11-13-33(14-12-32)18-9-7-17(8-10-18)28-25-27-15-19-22(26)23(16-5-6-16)34(24(19)30-25)21-4-2-3-20(29-21)31-37(35)36/h2-4,7-10,15-16H,5-6,11-14H2,1H3,(H,29,31)(H,35,36)(H,27,28,30). The fourth-order valence-electron chi connectivity index (χ4n) is 4.70. The Balaban J connectivity index is 1.33. The third-order valence-electron chi connectivity index (χ3n) is 6.79. The normalized spacial score (nSPS) is 17.2. The minimum absolute atomic E-state index is 0.0677. The first-order valence-electron chi connectivity index (χ1n) is 12.2. The number of nitrogens with one attached hydrogen (secondary N) is 2. The van der Waals surface area contributed by atoms with Crippen LogP contribution in [0.4, 0.5) is 27.5 Å². The molecule has 192 valence electrons. The predicted molar refractivity (Wildman–Crippen MR) is 142 cm³/mol. The van der Waals surface area contributed by atoms with Gasteiger partial charge in [0.25, 0.3) is 11.3 Å². The smallest absolute Gasteiger partial charge is 0.260 e. The Bertz CT molecular complexity index is 1470. The molecule has 0 amide bonds. The quantitative estimate of drug-likeness (QED) is 0.314. The maximum absolute atomic E-state index is 15.5. The zero-order valence-corrected chi connectivity index (χ0v) is 21.1. The van der Waals surface area contributed by atoms with Gasteiger partial charge in [0.15, 0.2) is 11.5 Å². The van der Waals surface area contributed by atoms with Gasteiger partial charge < -0.3 is 15.1 Å². The van der Waals surface area contributed by atoms with Crippen molar-refractivity contribution in [2.24, 2.45) is 0 Å². The van der Waals surface area contributed by atoms with Gasteiger partial charge in [0.05, 0.1) is 11.1 Å². The molecule has 1 atom stereocenters. The summed E-state index contributed by atoms with van der Waals surface area (Å²) in [6.07, 6.45) is 3.25. The van der Waals surface area contributed by atoms with Crippen LogP contribution >= 0.6 is 0 Å². The number of benzene rings is 1. The molecule has 4 heterocycles. The largest absolute Gasteiger partial charge is 0.369 e. The fraction of sp³-hybridized carbons (Fsp3) is 0.320. The molecule has 1 aliphatic carbocycles. The topological polar surface area (TPSA) is 111 Å². The molecule has 3 N–H and O–H groups in total. The number of pyridine rings is 1. The highest BCUT2D eigenvalue weighted by Gasteiger charge is 2.34. The molecule has 6 rings (SSSR count). The number of nitrogens with zero attached hydrogens (tertiary/aromatic N) is 6. The summed E-state index contributed by atoms with van der Waals surface area (Å²) in [5.74, 6) is 0.666. The summed E-state index contributed by atoms with van der Waals surface area (Å²) in [6, 6.07) is 13.1. The van der Waals surface area contributed by atoms with Crippen molar-refractivity contribution < 1.29 is 13.2 Å². The van der Waals surface area contributed by atoms with E-state index in [0.29, 0.717) is 28.5 Å². The van der Waals surface area contributed by atoms with E-state index in [-0.39, 0.29) is 17.6 Å². The average molecular weight is 523 g/mol. The lowest BCUT2D eigenvalue weighted by atomic mass is 10.2. The summed E-state index contributed by atoms with van der Waals surface area (Å²) >= 11 is -2.27. The second-order valence-corrected chi connectivity index (χ2v) is 10.1. The minimum Gasteiger partial charge on any atom is -0.369 e. The van der Waals surface area contributed by atoms with Crippen molar-refractivity contribution in [1.82, 2.24) is 24.4 Å². The first-order valence-corrected chi connectivity index (χ1v) is 13.3. The van der Waals surface area contributed by atoms with Gasteiger partial charge in [-0.1, -0.05) is 6.07 Å². The summed E-state index contributed by atoms with van der Waals surface area (Å²) < 4.78 is 40.0. The van der Waals surface area contributed by atoms with E-state index in [1.807, 2.05) is 12.1 Å². The minimum atomic E-state index is -2.27. The van der Waals surface area contributed by atoms with Gasteiger partial charge in [-0.05, 0) is 56.3 Å². The van der Waals surface area contributed by atoms with E-state index >= 15 is 4.39 Å². The molecule has 0 spiro atoms. The highest BCUT2D eigenvalue weighted by atomic mass is 32.2. The van der Waals surface area contributed by atoms with Crippen molar-refractivity contribution in [3.05, 3.63) is 60.2 Å². The molecule has 37 heavy (non-hydrogen) atoms. The molecule has 1 aromatic carbocycles. The van der Waals surface area contributed by atoms with E-state index in [9.17, 15) is 8.76 Å². The van der Waals surface area contributed by atoms with Crippen LogP contribution in [0.5, 0.6) is 0 Å². The molecule has 2 fully saturated rings. The Morgan fingerprint density at radius 1 is 1.05 bits per heavy atom. The molecule has 1 saturated heterocycles. The lowest BCUT2D eigenvalue weighted by Crippen LogP contribution is -2.44. The maximum atomic E-state index is 15.5. The Kier molecular flexibility index (Phi) is 6.22. The predicted octanol–water partition coefficient (Wildman–Crippen LogP) is 3.88. The number of piperazine rings is 1. The summed E-state index contributed by atoms with van der Waals surface area (Å²) in [7, 11) is 2.14. The van der Waals surface area contributed by atoms with Crippen LogP contribution in [0.1, 0.15) is 24.5 Å². The van der Waals surface area contributed by atoms with Crippen molar-refractivity contribution in [3.63, 3.8) is 0 Å². The molecular weight excluding hydrogens is 495 g/mol. The summed E-state index contributed by atoms with van der Waals surface area (Å²) in [5, 5.41) is 3.54. The van der Waals surface area contributed by atoms with Crippen molar-refractivity contribution in [1.29, 1.82) is 0 Å². The van der Waals surface area contributed by atoms with Crippen molar-refractivity contribution >= 4 is 45.4 Å². The fourth-order valence-corrected chi connectivity index (χ4v) is 5.00. The van der Waals surface area contributed by atoms with E-state index in [4.69, 9.17) is 0 Å². The number of hydrogen-bond donors (Lipinski definition) is 3. The molecule has 2 aliphatic rings. The van der Waals surface area contributed by atoms with Gasteiger partial charge >= 0.3 is 0 Å². The molecule has 10 nitrogen and oxygen atoms in total. The molecule has 3 aromatic heterocycles. The number of hydrogen-bond acceptors (Lipinski definition) is 7. The molecule has 1 aliphatic heterocycles. The Labute approximate surface area is 216 Å². The van der Waals surface area contributed by atoms with Crippen LogP contribution in [-0.2, 0) is 11.3 Å². The van der Waals surface area contributed by atoms with Crippen LogP contribution in [0.15, 0.2) is 48.7 Å². The number of halogens is 1. The maximum Gasteiger partial charge on any atom is 0.260 e. The monoisotopic (exact) mass is 522 g/mol. The molecule has 1 unspecified atom stereocenters. The summed E-state index contributed by atoms with van der Waals surface area (Å²) in [6.45, 7) is 4.07. The Hall–Kier alpha value is -3.61. The van der Waals surface area contributed by atoms with E-state index < -0.39 is 11.3 Å². The van der Waals surface area contributed by atoms with E-state index in [0.717, 1.165) is 44.7 Å². The second-order valence-electron chi connectivity index (χ2n) is 9.43. The lowest BCUT2D eigenvalue weighted by Gasteiger charge is -2.34. The Morgan fingerprint density at radius 2 is 1.81 bits per heavy atom. The van der Waals surface area contributed by atoms with Crippen molar-refractivity contribution in [3.8, 4) is 5.82 Å². The number of fused-ring (bicyclic) bond motifs is 1. The van der Waals surface area contributed by atoms with Gasteiger partial charge in [-0.25, -0.2) is 18.6 Å². The number of anilines is 4. The third-order valence-corrected chi connectivity index (χ3v) is 7.18.